The van der Waals surface area contributed by atoms with Crippen LogP contribution in [-0.4, -0.2) is 18.4 Å². The van der Waals surface area contributed by atoms with Crippen molar-refractivity contribution in [1.29, 1.82) is 0 Å². The molecule has 2 atom stereocenters. The minimum atomic E-state index is -0.393. The fourth-order valence-electron chi connectivity index (χ4n) is 4.46. The molecular weight excluding hydrogens is 362 g/mol. The summed E-state index contributed by atoms with van der Waals surface area (Å²) in [6.07, 6.45) is 1.20. The van der Waals surface area contributed by atoms with Gasteiger partial charge in [-0.15, -0.1) is 0 Å². The van der Waals surface area contributed by atoms with Gasteiger partial charge in [0, 0.05) is 29.3 Å². The molecular formula is C25H25NO3. The van der Waals surface area contributed by atoms with Gasteiger partial charge in [-0.3, -0.25) is 4.79 Å². The van der Waals surface area contributed by atoms with Crippen LogP contribution in [-0.2, 0) is 14.3 Å². The SMILES string of the molecule is CCOC(=O)C1=C(C)NC2=C(C(=O)CC(c3ccccc3)C2)C1c1ccccc1. The van der Waals surface area contributed by atoms with Crippen molar-refractivity contribution in [2.75, 3.05) is 6.61 Å². The molecule has 1 aliphatic carbocycles. The summed E-state index contributed by atoms with van der Waals surface area (Å²) in [7, 11) is 0. The number of hydrogen-bond acceptors (Lipinski definition) is 4. The Bertz CT molecular complexity index is 989. The molecule has 1 N–H and O–H groups in total. The Kier molecular flexibility index (Phi) is 5.34. The third-order valence-corrected chi connectivity index (χ3v) is 5.73. The molecule has 4 nitrogen and oxygen atoms in total. The predicted molar refractivity (Wildman–Crippen MR) is 112 cm³/mol. The van der Waals surface area contributed by atoms with Gasteiger partial charge in [0.15, 0.2) is 5.78 Å². The van der Waals surface area contributed by atoms with Crippen molar-refractivity contribution in [3.63, 3.8) is 0 Å². The van der Waals surface area contributed by atoms with Gasteiger partial charge >= 0.3 is 5.97 Å². The van der Waals surface area contributed by atoms with Crippen molar-refractivity contribution >= 4 is 11.8 Å². The number of esters is 1. The lowest BCUT2D eigenvalue weighted by molar-refractivity contribution is -0.138. The van der Waals surface area contributed by atoms with Crippen molar-refractivity contribution in [2.45, 2.75) is 38.5 Å². The molecule has 0 bridgehead atoms. The number of benzene rings is 2. The van der Waals surface area contributed by atoms with Crippen LogP contribution in [0.1, 0.15) is 49.7 Å². The van der Waals surface area contributed by atoms with E-state index >= 15 is 0 Å². The van der Waals surface area contributed by atoms with Crippen LogP contribution in [0.15, 0.2) is 83.2 Å². The Balaban J connectivity index is 1.79. The number of hydrogen-bond donors (Lipinski definition) is 1. The molecule has 0 aromatic heterocycles. The quantitative estimate of drug-likeness (QED) is 0.779. The maximum Gasteiger partial charge on any atom is 0.336 e. The van der Waals surface area contributed by atoms with E-state index < -0.39 is 5.92 Å². The average molecular weight is 387 g/mol. The summed E-state index contributed by atoms with van der Waals surface area (Å²) in [5, 5.41) is 3.38. The van der Waals surface area contributed by atoms with E-state index in [1.807, 2.05) is 55.5 Å². The van der Waals surface area contributed by atoms with Gasteiger partial charge in [0.2, 0.25) is 0 Å². The lowest BCUT2D eigenvalue weighted by atomic mass is 9.72. The van der Waals surface area contributed by atoms with Crippen LogP contribution >= 0.6 is 0 Å². The van der Waals surface area contributed by atoms with Crippen molar-refractivity contribution in [1.82, 2.24) is 5.32 Å². The molecule has 29 heavy (non-hydrogen) atoms. The van der Waals surface area contributed by atoms with E-state index in [0.717, 1.165) is 23.4 Å². The van der Waals surface area contributed by atoms with Gasteiger partial charge in [0.25, 0.3) is 0 Å². The number of rotatable bonds is 4. The Hall–Kier alpha value is -3.14. The second-order valence-corrected chi connectivity index (χ2v) is 7.56. The summed E-state index contributed by atoms with van der Waals surface area (Å²) in [6, 6.07) is 19.9. The molecule has 1 heterocycles. The highest BCUT2D eigenvalue weighted by Gasteiger charge is 2.41. The highest BCUT2D eigenvalue weighted by molar-refractivity contribution is 6.04. The fourth-order valence-corrected chi connectivity index (χ4v) is 4.46. The maximum atomic E-state index is 13.4. The van der Waals surface area contributed by atoms with Crippen LogP contribution in [0.3, 0.4) is 0 Å². The van der Waals surface area contributed by atoms with Crippen LogP contribution < -0.4 is 5.32 Å². The standard InChI is InChI=1S/C25H25NO3/c1-3-29-25(28)22-16(2)26-20-14-19(17-10-6-4-7-11-17)15-21(27)24(20)23(22)18-12-8-5-9-13-18/h4-13,19,23,26H,3,14-15H2,1-2H3. The zero-order chi connectivity index (χ0) is 20.4. The van der Waals surface area contributed by atoms with Crippen LogP contribution in [0.2, 0.25) is 0 Å². The van der Waals surface area contributed by atoms with Crippen LogP contribution in [0.25, 0.3) is 0 Å². The number of Topliss-reactive ketones (excluding diaryl/α,β-unsaturated/α-hetero) is 1. The van der Waals surface area contributed by atoms with E-state index in [1.54, 1.807) is 6.92 Å². The number of carbonyl (C=O) groups excluding carboxylic acids is 2. The predicted octanol–water partition coefficient (Wildman–Crippen LogP) is 4.61. The molecule has 0 saturated heterocycles. The molecule has 2 aliphatic rings. The minimum Gasteiger partial charge on any atom is -0.463 e. The molecule has 2 aromatic carbocycles. The Morgan fingerprint density at radius 2 is 1.62 bits per heavy atom. The lowest BCUT2D eigenvalue weighted by Gasteiger charge is -2.36. The molecule has 2 unspecified atom stereocenters. The maximum absolute atomic E-state index is 13.4. The first kappa shape index (κ1) is 19.2. The molecule has 1 aliphatic heterocycles. The zero-order valence-electron chi connectivity index (χ0n) is 16.8. The van der Waals surface area contributed by atoms with Crippen LogP contribution in [0, 0.1) is 0 Å². The number of dihydropyridines is 1. The first-order valence-corrected chi connectivity index (χ1v) is 10.1. The topological polar surface area (TPSA) is 55.4 Å². The largest absolute Gasteiger partial charge is 0.463 e. The molecule has 4 rings (SSSR count). The molecule has 0 amide bonds. The number of ether oxygens (including phenoxy) is 1. The van der Waals surface area contributed by atoms with Crippen LogP contribution in [0.5, 0.6) is 0 Å². The first-order chi connectivity index (χ1) is 14.1. The lowest BCUT2D eigenvalue weighted by Crippen LogP contribution is -2.36. The van der Waals surface area contributed by atoms with Crippen molar-refractivity contribution in [3.8, 4) is 0 Å². The third kappa shape index (κ3) is 3.63. The summed E-state index contributed by atoms with van der Waals surface area (Å²) in [5.74, 6) is -0.523. The monoisotopic (exact) mass is 387 g/mol. The number of carbonyl (C=O) groups is 2. The van der Waals surface area contributed by atoms with E-state index in [4.69, 9.17) is 4.74 Å². The van der Waals surface area contributed by atoms with Gasteiger partial charge in [0.1, 0.15) is 0 Å². The molecule has 4 heteroatoms. The Morgan fingerprint density at radius 3 is 2.24 bits per heavy atom. The normalized spacial score (nSPS) is 21.5. The van der Waals surface area contributed by atoms with E-state index in [0.29, 0.717) is 24.2 Å². The summed E-state index contributed by atoms with van der Waals surface area (Å²) in [4.78, 5) is 26.2. The Labute approximate surface area is 171 Å². The van der Waals surface area contributed by atoms with Gasteiger partial charge in [-0.25, -0.2) is 4.79 Å². The highest BCUT2D eigenvalue weighted by atomic mass is 16.5. The number of ketones is 1. The van der Waals surface area contributed by atoms with Crippen molar-refractivity contribution in [2.24, 2.45) is 0 Å². The number of nitrogens with one attached hydrogen (secondary N) is 1. The zero-order valence-corrected chi connectivity index (χ0v) is 16.8. The van der Waals surface area contributed by atoms with Crippen molar-refractivity contribution < 1.29 is 14.3 Å². The molecule has 2 aromatic rings. The second-order valence-electron chi connectivity index (χ2n) is 7.56. The summed E-state index contributed by atoms with van der Waals surface area (Å²) >= 11 is 0. The molecule has 0 radical (unpaired) electrons. The first-order valence-electron chi connectivity index (χ1n) is 10.1. The van der Waals surface area contributed by atoms with Gasteiger partial charge in [-0.2, -0.15) is 0 Å². The van der Waals surface area contributed by atoms with Gasteiger partial charge in [-0.1, -0.05) is 60.7 Å². The molecule has 0 spiro atoms. The van der Waals surface area contributed by atoms with Gasteiger partial charge in [0.05, 0.1) is 12.2 Å². The van der Waals surface area contributed by atoms with E-state index in [2.05, 4.69) is 17.4 Å². The van der Waals surface area contributed by atoms with E-state index in [9.17, 15) is 9.59 Å². The third-order valence-electron chi connectivity index (χ3n) is 5.73. The molecule has 0 fully saturated rings. The minimum absolute atomic E-state index is 0.0933. The molecule has 0 saturated carbocycles. The van der Waals surface area contributed by atoms with Crippen molar-refractivity contribution in [3.05, 3.63) is 94.3 Å². The number of allylic oxidation sites excluding steroid dienone is 3. The van der Waals surface area contributed by atoms with Crippen LogP contribution in [0.4, 0.5) is 0 Å². The highest BCUT2D eigenvalue weighted by Crippen LogP contribution is 2.45. The molecule has 148 valence electrons. The summed E-state index contributed by atoms with van der Waals surface area (Å²) in [6.45, 7) is 3.98. The summed E-state index contributed by atoms with van der Waals surface area (Å²) < 4.78 is 5.34. The van der Waals surface area contributed by atoms with E-state index in [-0.39, 0.29) is 17.7 Å². The smallest absolute Gasteiger partial charge is 0.336 e. The average Bonchev–Trinajstić information content (AvgIpc) is 2.74. The second kappa shape index (κ2) is 8.08. The Morgan fingerprint density at radius 1 is 1.00 bits per heavy atom. The summed E-state index contributed by atoms with van der Waals surface area (Å²) in [5.41, 5.74) is 5.03. The van der Waals surface area contributed by atoms with Gasteiger partial charge in [-0.05, 0) is 37.3 Å². The van der Waals surface area contributed by atoms with E-state index in [1.165, 1.54) is 5.56 Å². The fraction of sp³-hybridized carbons (Fsp3) is 0.280. The van der Waals surface area contributed by atoms with Gasteiger partial charge < -0.3 is 10.1 Å².